The molecule has 0 saturated heterocycles. The van der Waals surface area contributed by atoms with Crippen LogP contribution in [0.25, 0.3) is 22.2 Å². The summed E-state index contributed by atoms with van der Waals surface area (Å²) in [6.45, 7) is 1.52. The third kappa shape index (κ3) is 3.78. The van der Waals surface area contributed by atoms with E-state index in [9.17, 15) is 0 Å². The van der Waals surface area contributed by atoms with E-state index in [0.717, 1.165) is 47.6 Å². The van der Waals surface area contributed by atoms with Gasteiger partial charge >= 0.3 is 0 Å². The molecule has 0 aliphatic rings. The first-order chi connectivity index (χ1) is 11.3. The first-order valence-corrected chi connectivity index (χ1v) is 7.90. The highest BCUT2D eigenvalue weighted by Gasteiger charge is 2.08. The predicted molar refractivity (Wildman–Crippen MR) is 95.0 cm³/mol. The zero-order valence-corrected chi connectivity index (χ0v) is 13.7. The molecular weight excluding hydrogens is 310 g/mol. The Morgan fingerprint density at radius 3 is 2.78 bits per heavy atom. The largest absolute Gasteiger partial charge is 0.385 e. The quantitative estimate of drug-likeness (QED) is 0.682. The van der Waals surface area contributed by atoms with Crippen LogP contribution in [0.5, 0.6) is 0 Å². The van der Waals surface area contributed by atoms with Crippen LogP contribution in [0, 0.1) is 0 Å². The van der Waals surface area contributed by atoms with Crippen molar-refractivity contribution in [2.45, 2.75) is 6.42 Å². The number of benzene rings is 1. The molecule has 0 amide bonds. The van der Waals surface area contributed by atoms with Crippen LogP contribution in [0.3, 0.4) is 0 Å². The highest BCUT2D eigenvalue weighted by Crippen LogP contribution is 2.27. The number of hydrogen-bond donors (Lipinski definition) is 1. The summed E-state index contributed by atoms with van der Waals surface area (Å²) in [6, 6.07) is 13.6. The van der Waals surface area contributed by atoms with E-state index in [4.69, 9.17) is 21.3 Å². The van der Waals surface area contributed by atoms with Crippen LogP contribution in [0.2, 0.25) is 5.02 Å². The lowest BCUT2D eigenvalue weighted by Gasteiger charge is -2.11. The average molecular weight is 328 g/mol. The van der Waals surface area contributed by atoms with Gasteiger partial charge in [0.05, 0.1) is 11.2 Å². The fourth-order valence-electron chi connectivity index (χ4n) is 2.40. The minimum absolute atomic E-state index is 0.713. The van der Waals surface area contributed by atoms with E-state index < -0.39 is 0 Å². The number of nitrogens with one attached hydrogen (secondary N) is 1. The number of hydrogen-bond acceptors (Lipinski definition) is 4. The van der Waals surface area contributed by atoms with Gasteiger partial charge in [-0.25, -0.2) is 4.98 Å². The van der Waals surface area contributed by atoms with E-state index in [1.165, 1.54) is 0 Å². The van der Waals surface area contributed by atoms with Gasteiger partial charge in [0.25, 0.3) is 0 Å². The van der Waals surface area contributed by atoms with Gasteiger partial charge in [-0.05, 0) is 36.8 Å². The van der Waals surface area contributed by atoms with Crippen LogP contribution in [0.1, 0.15) is 6.42 Å². The minimum atomic E-state index is 0.713. The Morgan fingerprint density at radius 2 is 2.00 bits per heavy atom. The van der Waals surface area contributed by atoms with Gasteiger partial charge in [-0.2, -0.15) is 0 Å². The first-order valence-electron chi connectivity index (χ1n) is 7.52. The van der Waals surface area contributed by atoms with Crippen molar-refractivity contribution in [3.8, 4) is 11.3 Å². The number of ether oxygens (including phenoxy) is 1. The summed E-state index contributed by atoms with van der Waals surface area (Å²) >= 11 is 5.97. The molecule has 3 aromatic rings. The van der Waals surface area contributed by atoms with Crippen LogP contribution in [0.15, 0.2) is 48.7 Å². The van der Waals surface area contributed by atoms with Gasteiger partial charge in [0.1, 0.15) is 5.82 Å². The van der Waals surface area contributed by atoms with Crippen molar-refractivity contribution in [3.63, 3.8) is 0 Å². The van der Waals surface area contributed by atoms with Crippen molar-refractivity contribution >= 4 is 28.3 Å². The predicted octanol–water partition coefficient (Wildman–Crippen LogP) is 4.40. The van der Waals surface area contributed by atoms with E-state index in [1.807, 2.05) is 42.5 Å². The maximum Gasteiger partial charge on any atom is 0.136 e. The summed E-state index contributed by atoms with van der Waals surface area (Å²) in [6.07, 6.45) is 2.72. The third-order valence-electron chi connectivity index (χ3n) is 3.56. The molecule has 5 heteroatoms. The molecule has 23 heavy (non-hydrogen) atoms. The van der Waals surface area contributed by atoms with Gasteiger partial charge in [-0.3, -0.25) is 4.98 Å². The standard InChI is InChI=1S/C18H18ClN3O/c1-23-11-3-10-21-18-15-4-2-9-20-17(15)12-16(22-18)13-5-7-14(19)8-6-13/h2,4-9,12H,3,10-11H2,1H3,(H,21,22). The van der Waals surface area contributed by atoms with Crippen LogP contribution >= 0.6 is 11.6 Å². The normalized spacial score (nSPS) is 10.9. The lowest BCUT2D eigenvalue weighted by molar-refractivity contribution is 0.198. The highest BCUT2D eigenvalue weighted by molar-refractivity contribution is 6.30. The second kappa shape index (κ2) is 7.40. The van der Waals surface area contributed by atoms with Gasteiger partial charge in [-0.15, -0.1) is 0 Å². The number of anilines is 1. The molecule has 0 bridgehead atoms. The molecule has 0 aliphatic heterocycles. The van der Waals surface area contributed by atoms with E-state index in [-0.39, 0.29) is 0 Å². The van der Waals surface area contributed by atoms with Gasteiger partial charge in [0.15, 0.2) is 0 Å². The molecule has 0 saturated carbocycles. The fourth-order valence-corrected chi connectivity index (χ4v) is 2.53. The summed E-state index contributed by atoms with van der Waals surface area (Å²) < 4.78 is 5.09. The monoisotopic (exact) mass is 327 g/mol. The SMILES string of the molecule is COCCCNc1nc(-c2ccc(Cl)cc2)cc2ncccc12. The molecule has 0 aliphatic carbocycles. The summed E-state index contributed by atoms with van der Waals surface area (Å²) in [5, 5.41) is 5.12. The van der Waals surface area contributed by atoms with Crippen molar-refractivity contribution in [3.05, 3.63) is 53.7 Å². The van der Waals surface area contributed by atoms with Gasteiger partial charge in [-0.1, -0.05) is 23.7 Å². The van der Waals surface area contributed by atoms with Crippen molar-refractivity contribution in [2.24, 2.45) is 0 Å². The molecule has 2 heterocycles. The van der Waals surface area contributed by atoms with Gasteiger partial charge < -0.3 is 10.1 Å². The van der Waals surface area contributed by atoms with E-state index in [0.29, 0.717) is 5.02 Å². The summed E-state index contributed by atoms with van der Waals surface area (Å²) in [4.78, 5) is 9.22. The third-order valence-corrected chi connectivity index (χ3v) is 3.81. The Balaban J connectivity index is 1.97. The number of pyridine rings is 2. The molecule has 0 atom stereocenters. The Hall–Kier alpha value is -2.17. The molecule has 4 nitrogen and oxygen atoms in total. The van der Waals surface area contributed by atoms with Gasteiger partial charge in [0, 0.05) is 42.4 Å². The highest BCUT2D eigenvalue weighted by atomic mass is 35.5. The van der Waals surface area contributed by atoms with Crippen molar-refractivity contribution in [1.82, 2.24) is 9.97 Å². The molecule has 3 rings (SSSR count). The molecule has 1 aromatic carbocycles. The van der Waals surface area contributed by atoms with Gasteiger partial charge in [0.2, 0.25) is 0 Å². The maximum absolute atomic E-state index is 5.97. The summed E-state index contributed by atoms with van der Waals surface area (Å²) in [7, 11) is 1.71. The van der Waals surface area contributed by atoms with Crippen LogP contribution in [0.4, 0.5) is 5.82 Å². The van der Waals surface area contributed by atoms with Crippen molar-refractivity contribution in [2.75, 3.05) is 25.6 Å². The Morgan fingerprint density at radius 1 is 1.17 bits per heavy atom. The zero-order valence-electron chi connectivity index (χ0n) is 12.9. The lowest BCUT2D eigenvalue weighted by Crippen LogP contribution is -2.07. The van der Waals surface area contributed by atoms with Crippen LogP contribution < -0.4 is 5.32 Å². The Kier molecular flexibility index (Phi) is 5.05. The second-order valence-corrected chi connectivity index (χ2v) is 5.64. The van der Waals surface area contributed by atoms with Crippen LogP contribution in [-0.4, -0.2) is 30.2 Å². The summed E-state index contributed by atoms with van der Waals surface area (Å²) in [5.41, 5.74) is 2.81. The molecule has 118 valence electrons. The Labute approximate surface area is 140 Å². The van der Waals surface area contributed by atoms with Crippen molar-refractivity contribution < 1.29 is 4.74 Å². The summed E-state index contributed by atoms with van der Waals surface area (Å²) in [5.74, 6) is 0.844. The second-order valence-electron chi connectivity index (χ2n) is 5.21. The Bertz CT molecular complexity index is 790. The fraction of sp³-hybridized carbons (Fsp3) is 0.222. The lowest BCUT2D eigenvalue weighted by atomic mass is 10.1. The molecule has 0 radical (unpaired) electrons. The van der Waals surface area contributed by atoms with E-state index in [2.05, 4.69) is 10.3 Å². The first kappa shape index (κ1) is 15.7. The van der Waals surface area contributed by atoms with Crippen molar-refractivity contribution in [1.29, 1.82) is 0 Å². The topological polar surface area (TPSA) is 47.0 Å². The molecule has 0 unspecified atom stereocenters. The number of fused-ring (bicyclic) bond motifs is 1. The zero-order chi connectivity index (χ0) is 16.1. The average Bonchev–Trinajstić information content (AvgIpc) is 2.59. The minimum Gasteiger partial charge on any atom is -0.385 e. The number of nitrogens with zero attached hydrogens (tertiary/aromatic N) is 2. The number of methoxy groups -OCH3 is 1. The molecule has 2 aromatic heterocycles. The smallest absolute Gasteiger partial charge is 0.136 e. The molecule has 1 N–H and O–H groups in total. The van der Waals surface area contributed by atoms with Crippen LogP contribution in [-0.2, 0) is 4.74 Å². The van der Waals surface area contributed by atoms with E-state index >= 15 is 0 Å². The van der Waals surface area contributed by atoms with E-state index in [1.54, 1.807) is 13.3 Å². The number of aromatic nitrogens is 2. The molecular formula is C18H18ClN3O. The number of halogens is 1. The maximum atomic E-state index is 5.97. The molecule has 0 fully saturated rings. The number of rotatable bonds is 6. The molecule has 0 spiro atoms.